The van der Waals surface area contributed by atoms with Crippen LogP contribution in [0.5, 0.6) is 0 Å². The van der Waals surface area contributed by atoms with E-state index in [1.807, 2.05) is 0 Å². The first-order valence-electron chi connectivity index (χ1n) is 6.14. The number of rotatable bonds is 5. The molecule has 0 aromatic carbocycles. The molecule has 1 unspecified atom stereocenters. The molecule has 1 heterocycles. The molecule has 0 aliphatic rings. The molecule has 0 aliphatic carbocycles. The molecule has 0 aliphatic heterocycles. The zero-order valence-corrected chi connectivity index (χ0v) is 11.8. The van der Waals surface area contributed by atoms with E-state index >= 15 is 0 Å². The number of aliphatic hydroxyl groups is 1. The molecular weight excluding hydrogens is 266 g/mol. The zero-order chi connectivity index (χ0) is 15.4. The molecule has 0 spiro atoms. The van der Waals surface area contributed by atoms with Crippen molar-refractivity contribution in [3.63, 3.8) is 0 Å². The van der Waals surface area contributed by atoms with Crippen LogP contribution < -0.4 is 10.6 Å². The molecule has 1 aromatic heterocycles. The number of nitrogens with zero attached hydrogens (tertiary/aromatic N) is 1. The molecule has 1 aromatic rings. The van der Waals surface area contributed by atoms with Crippen molar-refractivity contribution < 1.29 is 24.3 Å². The van der Waals surface area contributed by atoms with Crippen LogP contribution >= 0.6 is 0 Å². The first-order valence-corrected chi connectivity index (χ1v) is 6.14. The largest absolute Gasteiger partial charge is 0.480 e. The van der Waals surface area contributed by atoms with Crippen LogP contribution in [-0.4, -0.2) is 39.5 Å². The van der Waals surface area contributed by atoms with E-state index in [0.717, 1.165) is 5.56 Å². The highest BCUT2D eigenvalue weighted by Gasteiger charge is 2.26. The van der Waals surface area contributed by atoms with Crippen LogP contribution in [0.4, 0.5) is 4.79 Å². The normalized spacial score (nSPS) is 15.2. The maximum atomic E-state index is 11.7. The Morgan fingerprint density at radius 1 is 1.25 bits per heavy atom. The van der Waals surface area contributed by atoms with Gasteiger partial charge in [-0.25, -0.2) is 9.59 Å². The fraction of sp³-hybridized carbons (Fsp3) is 0.583. The number of carboxylic acids is 1. The second-order valence-corrected chi connectivity index (χ2v) is 4.63. The van der Waals surface area contributed by atoms with Crippen LogP contribution in [0, 0.1) is 13.8 Å². The van der Waals surface area contributed by atoms with E-state index in [4.69, 9.17) is 9.63 Å². The van der Waals surface area contributed by atoms with Gasteiger partial charge in [0.15, 0.2) is 6.04 Å². The van der Waals surface area contributed by atoms with E-state index < -0.39 is 30.2 Å². The lowest BCUT2D eigenvalue weighted by molar-refractivity contribution is -0.141. The summed E-state index contributed by atoms with van der Waals surface area (Å²) in [6.07, 6.45) is -1.20. The third-order valence-corrected chi connectivity index (χ3v) is 2.90. The van der Waals surface area contributed by atoms with Gasteiger partial charge in [-0.15, -0.1) is 0 Å². The minimum atomic E-state index is -1.37. The second-order valence-electron chi connectivity index (χ2n) is 4.63. The van der Waals surface area contributed by atoms with Crippen LogP contribution in [-0.2, 0) is 4.79 Å². The predicted molar refractivity (Wildman–Crippen MR) is 69.2 cm³/mol. The molecule has 0 radical (unpaired) electrons. The Balaban J connectivity index is 2.69. The van der Waals surface area contributed by atoms with Crippen molar-refractivity contribution >= 4 is 12.0 Å². The van der Waals surface area contributed by atoms with E-state index in [1.54, 1.807) is 20.8 Å². The Kier molecular flexibility index (Phi) is 5.09. The average molecular weight is 285 g/mol. The Bertz CT molecular complexity index is 478. The first-order chi connectivity index (χ1) is 9.23. The van der Waals surface area contributed by atoms with Crippen molar-refractivity contribution in [2.45, 2.75) is 45.9 Å². The summed E-state index contributed by atoms with van der Waals surface area (Å²) in [5.74, 6) is -0.722. The molecule has 112 valence electrons. The van der Waals surface area contributed by atoms with E-state index in [-0.39, 0.29) is 0 Å². The van der Waals surface area contributed by atoms with Gasteiger partial charge in [0.25, 0.3) is 0 Å². The highest BCUT2D eigenvalue weighted by molar-refractivity contribution is 5.83. The molecule has 3 atom stereocenters. The van der Waals surface area contributed by atoms with E-state index in [9.17, 15) is 14.7 Å². The molecule has 0 saturated heterocycles. The maximum absolute atomic E-state index is 11.7. The van der Waals surface area contributed by atoms with Gasteiger partial charge in [-0.2, -0.15) is 0 Å². The van der Waals surface area contributed by atoms with Crippen LogP contribution in [0.2, 0.25) is 0 Å². The third kappa shape index (κ3) is 3.70. The lowest BCUT2D eigenvalue weighted by Gasteiger charge is -2.20. The standard InChI is InChI=1S/C12H19N3O5/c1-5(9-6(2)15-20-8(9)4)13-12(19)14-10(7(3)16)11(17)18/h5,7,10,16H,1-4H3,(H,17,18)(H2,13,14,19)/t5?,7-,10+/m1/s1. The molecule has 2 amide bonds. The number of nitrogens with one attached hydrogen (secondary N) is 2. The summed E-state index contributed by atoms with van der Waals surface area (Å²) in [6, 6.07) is -2.46. The molecule has 8 heteroatoms. The summed E-state index contributed by atoms with van der Waals surface area (Å²) in [6.45, 7) is 6.49. The molecular formula is C12H19N3O5. The summed E-state index contributed by atoms with van der Waals surface area (Å²) < 4.78 is 5.00. The predicted octanol–water partition coefficient (Wildman–Crippen LogP) is 0.486. The van der Waals surface area contributed by atoms with Crippen molar-refractivity contribution in [2.75, 3.05) is 0 Å². The minimum Gasteiger partial charge on any atom is -0.480 e. The Hall–Kier alpha value is -2.09. The minimum absolute atomic E-state index is 0.398. The van der Waals surface area contributed by atoms with Crippen molar-refractivity contribution in [1.82, 2.24) is 15.8 Å². The lowest BCUT2D eigenvalue weighted by atomic mass is 10.1. The van der Waals surface area contributed by atoms with Crippen LogP contribution in [0.25, 0.3) is 0 Å². The topological polar surface area (TPSA) is 125 Å². The highest BCUT2D eigenvalue weighted by Crippen LogP contribution is 2.20. The molecule has 0 bridgehead atoms. The van der Waals surface area contributed by atoms with Gasteiger partial charge < -0.3 is 25.4 Å². The number of hydrogen-bond acceptors (Lipinski definition) is 5. The monoisotopic (exact) mass is 285 g/mol. The zero-order valence-electron chi connectivity index (χ0n) is 11.8. The number of aliphatic carboxylic acids is 1. The van der Waals surface area contributed by atoms with Crippen molar-refractivity contribution in [1.29, 1.82) is 0 Å². The van der Waals surface area contributed by atoms with E-state index in [2.05, 4.69) is 15.8 Å². The fourth-order valence-electron chi connectivity index (χ4n) is 1.95. The van der Waals surface area contributed by atoms with Crippen molar-refractivity contribution in [2.24, 2.45) is 0 Å². The summed E-state index contributed by atoms with van der Waals surface area (Å²) in [4.78, 5) is 22.6. The number of carbonyl (C=O) groups excluding carboxylic acids is 1. The van der Waals surface area contributed by atoms with Crippen LogP contribution in [0.15, 0.2) is 4.52 Å². The average Bonchev–Trinajstić information content (AvgIpc) is 2.65. The molecule has 4 N–H and O–H groups in total. The maximum Gasteiger partial charge on any atom is 0.328 e. The molecule has 0 saturated carbocycles. The van der Waals surface area contributed by atoms with Crippen LogP contribution in [0.1, 0.15) is 36.9 Å². The summed E-state index contributed by atoms with van der Waals surface area (Å²) in [5, 5.41) is 26.7. The molecule has 8 nitrogen and oxygen atoms in total. The Labute approximate surface area is 116 Å². The highest BCUT2D eigenvalue weighted by atomic mass is 16.5. The summed E-state index contributed by atoms with van der Waals surface area (Å²) >= 11 is 0. The van der Waals surface area contributed by atoms with Gasteiger partial charge in [0.1, 0.15) is 5.76 Å². The summed E-state index contributed by atoms with van der Waals surface area (Å²) in [7, 11) is 0. The number of amides is 2. The van der Waals surface area contributed by atoms with Gasteiger partial charge >= 0.3 is 12.0 Å². The molecule has 1 rings (SSSR count). The fourth-order valence-corrected chi connectivity index (χ4v) is 1.95. The number of carbonyl (C=O) groups is 2. The molecule has 20 heavy (non-hydrogen) atoms. The number of urea groups is 1. The van der Waals surface area contributed by atoms with Gasteiger partial charge in [0.2, 0.25) is 0 Å². The first kappa shape index (κ1) is 16.0. The van der Waals surface area contributed by atoms with Crippen molar-refractivity contribution in [3.8, 4) is 0 Å². The second kappa shape index (κ2) is 6.38. The lowest BCUT2D eigenvalue weighted by Crippen LogP contribution is -2.51. The number of carboxylic acid groups (broad SMARTS) is 1. The van der Waals surface area contributed by atoms with Crippen molar-refractivity contribution in [3.05, 3.63) is 17.0 Å². The van der Waals surface area contributed by atoms with E-state index in [0.29, 0.717) is 11.5 Å². The third-order valence-electron chi connectivity index (χ3n) is 2.90. The van der Waals surface area contributed by atoms with Crippen LogP contribution in [0.3, 0.4) is 0 Å². The van der Waals surface area contributed by atoms with Gasteiger partial charge in [-0.1, -0.05) is 5.16 Å². The van der Waals surface area contributed by atoms with Gasteiger partial charge in [0, 0.05) is 5.56 Å². The van der Waals surface area contributed by atoms with E-state index in [1.165, 1.54) is 6.92 Å². The SMILES string of the molecule is Cc1noc(C)c1C(C)NC(=O)N[C@H](C(=O)O)[C@@H](C)O. The number of aromatic nitrogens is 1. The smallest absolute Gasteiger partial charge is 0.328 e. The number of aliphatic hydroxyl groups excluding tert-OH is 1. The van der Waals surface area contributed by atoms with Gasteiger partial charge in [-0.05, 0) is 27.7 Å². The Morgan fingerprint density at radius 3 is 2.25 bits per heavy atom. The number of aryl methyl sites for hydroxylation is 2. The summed E-state index contributed by atoms with van der Waals surface area (Å²) in [5.41, 5.74) is 1.39. The quantitative estimate of drug-likeness (QED) is 0.624. The Morgan fingerprint density at radius 2 is 1.85 bits per heavy atom. The van der Waals surface area contributed by atoms with Gasteiger partial charge in [0.05, 0.1) is 17.8 Å². The molecule has 0 fully saturated rings. The van der Waals surface area contributed by atoms with Gasteiger partial charge in [-0.3, -0.25) is 0 Å². The number of hydrogen-bond donors (Lipinski definition) is 4.